The molecule has 0 aromatic rings. The van der Waals surface area contributed by atoms with Crippen LogP contribution in [0.25, 0.3) is 0 Å². The fraction of sp³-hybridized carbons (Fsp3) is 0.839. The Bertz CT molecular complexity index is 1020. The Hall–Kier alpha value is -1.45. The molecule has 4 nitrogen and oxygen atoms in total. The molecular weight excluding hydrogens is 436 g/mol. The van der Waals surface area contributed by atoms with E-state index >= 15 is 0 Å². The van der Waals surface area contributed by atoms with E-state index in [2.05, 4.69) is 54.5 Å². The van der Waals surface area contributed by atoms with Gasteiger partial charge in [-0.15, -0.1) is 0 Å². The van der Waals surface area contributed by atoms with Crippen molar-refractivity contribution >= 4 is 17.5 Å². The molecule has 1 unspecified atom stereocenters. The Morgan fingerprint density at radius 2 is 1.57 bits per heavy atom. The van der Waals surface area contributed by atoms with Gasteiger partial charge in [0.2, 0.25) is 0 Å². The molecule has 194 valence electrons. The second-order valence-corrected chi connectivity index (χ2v) is 14.9. The first-order valence-electron chi connectivity index (χ1n) is 14.0. The predicted octanol–water partition coefficient (Wildman–Crippen LogP) is 6.71. The molecule has 4 heteroatoms. The smallest absolute Gasteiger partial charge is 0.311 e. The number of Topliss-reactive ketones (excluding diaryl/α,β-unsaturated/α-hetero) is 1. The van der Waals surface area contributed by atoms with Crippen LogP contribution in [0.4, 0.5) is 0 Å². The quantitative estimate of drug-likeness (QED) is 0.390. The van der Waals surface area contributed by atoms with Crippen molar-refractivity contribution in [3.8, 4) is 0 Å². The van der Waals surface area contributed by atoms with E-state index < -0.39 is 5.41 Å². The number of carbonyl (C=O) groups excluding carboxylic acids is 3. The number of fused-ring (bicyclic) bond motifs is 7. The first-order valence-corrected chi connectivity index (χ1v) is 14.0. The summed E-state index contributed by atoms with van der Waals surface area (Å²) in [5.74, 6) is 0.980. The van der Waals surface area contributed by atoms with Crippen LogP contribution in [0.3, 0.4) is 0 Å². The molecule has 5 rings (SSSR count). The van der Waals surface area contributed by atoms with Crippen LogP contribution < -0.4 is 0 Å². The third-order valence-corrected chi connectivity index (χ3v) is 13.0. The first-order chi connectivity index (χ1) is 16.1. The fourth-order valence-electron chi connectivity index (χ4n) is 10.4. The summed E-state index contributed by atoms with van der Waals surface area (Å²) in [5.41, 5.74) is 0.244. The summed E-state index contributed by atoms with van der Waals surface area (Å²) in [4.78, 5) is 40.0. The van der Waals surface area contributed by atoms with E-state index in [1.807, 2.05) is 0 Å². The lowest BCUT2D eigenvalue weighted by Gasteiger charge is -2.69. The molecule has 0 N–H and O–H groups in total. The number of hydrogen-bond donors (Lipinski definition) is 0. The van der Waals surface area contributed by atoms with Gasteiger partial charge >= 0.3 is 5.97 Å². The summed E-state index contributed by atoms with van der Waals surface area (Å²) >= 11 is 0. The van der Waals surface area contributed by atoms with Crippen molar-refractivity contribution in [2.45, 2.75) is 106 Å². The van der Waals surface area contributed by atoms with Crippen molar-refractivity contribution in [2.24, 2.45) is 50.2 Å². The lowest BCUT2D eigenvalue weighted by atomic mass is 9.33. The highest BCUT2D eigenvalue weighted by Gasteiger charge is 2.70. The van der Waals surface area contributed by atoms with Crippen LogP contribution >= 0.6 is 0 Å². The molecule has 0 aromatic heterocycles. The minimum absolute atomic E-state index is 0.0465. The SMILES string of the molecule is COC(=O)[C@@]1(C)CC[C@]2(C)CC[C@]3(C)C(=CC(=O)[C@@H]4[C@@]5(C)CCC(=O)C(C)(C)[C@@H]5CC[C@]43C)C2C1. The van der Waals surface area contributed by atoms with Crippen molar-refractivity contribution in [3.63, 3.8) is 0 Å². The van der Waals surface area contributed by atoms with E-state index in [1.165, 1.54) is 12.7 Å². The normalized spacial score (nSPS) is 50.7. The third kappa shape index (κ3) is 3.00. The number of allylic oxidation sites excluding steroid dienone is 2. The number of methoxy groups -OCH3 is 1. The zero-order valence-corrected chi connectivity index (χ0v) is 23.3. The Morgan fingerprint density at radius 1 is 0.914 bits per heavy atom. The first kappa shape index (κ1) is 25.2. The average molecular weight is 483 g/mol. The maximum absolute atomic E-state index is 14.3. The number of hydrogen-bond acceptors (Lipinski definition) is 4. The van der Waals surface area contributed by atoms with Gasteiger partial charge in [-0.1, -0.05) is 47.1 Å². The highest BCUT2D eigenvalue weighted by molar-refractivity contribution is 5.96. The van der Waals surface area contributed by atoms with Crippen molar-refractivity contribution < 1.29 is 19.1 Å². The van der Waals surface area contributed by atoms with Gasteiger partial charge in [0.05, 0.1) is 12.5 Å². The zero-order valence-electron chi connectivity index (χ0n) is 23.3. The van der Waals surface area contributed by atoms with E-state index in [9.17, 15) is 14.4 Å². The molecule has 0 spiro atoms. The molecule has 0 radical (unpaired) electrons. The zero-order chi connectivity index (χ0) is 25.8. The van der Waals surface area contributed by atoms with Crippen LogP contribution in [-0.2, 0) is 19.1 Å². The highest BCUT2D eigenvalue weighted by atomic mass is 16.5. The Kier molecular flexibility index (Phi) is 5.27. The summed E-state index contributed by atoms with van der Waals surface area (Å²) < 4.78 is 5.24. The Balaban J connectivity index is 1.62. The number of ether oxygens (including phenoxy) is 1. The van der Waals surface area contributed by atoms with Crippen LogP contribution in [-0.4, -0.2) is 24.6 Å². The monoisotopic (exact) mass is 482 g/mol. The molecule has 0 bridgehead atoms. The summed E-state index contributed by atoms with van der Waals surface area (Å²) in [6.45, 7) is 15.9. The van der Waals surface area contributed by atoms with Gasteiger partial charge in [-0.05, 0) is 97.9 Å². The van der Waals surface area contributed by atoms with Crippen molar-refractivity contribution in [3.05, 3.63) is 11.6 Å². The van der Waals surface area contributed by atoms with Crippen LogP contribution in [0.1, 0.15) is 106 Å². The molecule has 0 aliphatic heterocycles. The molecule has 0 amide bonds. The van der Waals surface area contributed by atoms with Gasteiger partial charge in [0.1, 0.15) is 5.78 Å². The number of carbonyl (C=O) groups is 3. The Labute approximate surface area is 212 Å². The number of esters is 1. The van der Waals surface area contributed by atoms with E-state index in [0.717, 1.165) is 51.4 Å². The van der Waals surface area contributed by atoms with Crippen molar-refractivity contribution in [1.29, 1.82) is 0 Å². The van der Waals surface area contributed by atoms with Crippen molar-refractivity contribution in [2.75, 3.05) is 7.11 Å². The largest absolute Gasteiger partial charge is 0.469 e. The fourth-order valence-corrected chi connectivity index (χ4v) is 10.4. The highest BCUT2D eigenvalue weighted by Crippen LogP contribution is 2.74. The van der Waals surface area contributed by atoms with Crippen LogP contribution in [0, 0.1) is 50.2 Å². The van der Waals surface area contributed by atoms with E-state index in [0.29, 0.717) is 12.2 Å². The summed E-state index contributed by atoms with van der Waals surface area (Å²) in [7, 11) is 1.50. The average Bonchev–Trinajstić information content (AvgIpc) is 2.78. The van der Waals surface area contributed by atoms with Gasteiger partial charge in [-0.2, -0.15) is 0 Å². The Morgan fingerprint density at radius 3 is 2.23 bits per heavy atom. The molecule has 5 aliphatic rings. The molecule has 0 heterocycles. The van der Waals surface area contributed by atoms with Gasteiger partial charge in [-0.25, -0.2) is 0 Å². The molecule has 4 saturated carbocycles. The van der Waals surface area contributed by atoms with E-state index in [1.54, 1.807) is 0 Å². The predicted molar refractivity (Wildman–Crippen MR) is 136 cm³/mol. The second kappa shape index (κ2) is 7.32. The van der Waals surface area contributed by atoms with Gasteiger partial charge in [-0.3, -0.25) is 14.4 Å². The minimum Gasteiger partial charge on any atom is -0.469 e. The minimum atomic E-state index is -0.490. The summed E-state index contributed by atoms with van der Waals surface area (Å²) in [5, 5.41) is 0. The summed E-state index contributed by atoms with van der Waals surface area (Å²) in [6, 6.07) is 0. The van der Waals surface area contributed by atoms with E-state index in [-0.39, 0.29) is 56.6 Å². The van der Waals surface area contributed by atoms with Gasteiger partial charge < -0.3 is 4.74 Å². The van der Waals surface area contributed by atoms with Crippen molar-refractivity contribution in [1.82, 2.24) is 0 Å². The van der Waals surface area contributed by atoms with Crippen LogP contribution in [0.2, 0.25) is 0 Å². The maximum atomic E-state index is 14.3. The molecular formula is C31H46O4. The molecule has 4 fully saturated rings. The lowest BCUT2D eigenvalue weighted by molar-refractivity contribution is -0.188. The molecule has 35 heavy (non-hydrogen) atoms. The van der Waals surface area contributed by atoms with Gasteiger partial charge in [0.15, 0.2) is 5.78 Å². The topological polar surface area (TPSA) is 60.4 Å². The van der Waals surface area contributed by atoms with E-state index in [4.69, 9.17) is 4.74 Å². The standard InChI is InChI=1S/C31H46O4/c1-26(2)22-9-12-31(7)24(29(22,5)11-10-23(26)33)21(32)17-19-20-18-28(4,25(34)35-8)14-13-27(20,3)15-16-30(19,31)6/h17,20,22,24H,9-16,18H2,1-8H3/t20?,22-,24+,27+,28-,29-,30+,31+/m0/s1. The molecule has 8 atom stereocenters. The van der Waals surface area contributed by atoms with Crippen LogP contribution in [0.5, 0.6) is 0 Å². The second-order valence-electron chi connectivity index (χ2n) is 14.9. The van der Waals surface area contributed by atoms with Gasteiger partial charge in [0, 0.05) is 17.8 Å². The summed E-state index contributed by atoms with van der Waals surface area (Å²) in [6.07, 6.45) is 10.3. The maximum Gasteiger partial charge on any atom is 0.311 e. The number of ketones is 2. The van der Waals surface area contributed by atoms with Crippen LogP contribution in [0.15, 0.2) is 11.6 Å². The lowest BCUT2D eigenvalue weighted by Crippen LogP contribution is -2.66. The number of rotatable bonds is 1. The molecule has 0 saturated heterocycles. The molecule has 0 aromatic carbocycles. The van der Waals surface area contributed by atoms with Gasteiger partial charge in [0.25, 0.3) is 0 Å². The molecule has 5 aliphatic carbocycles. The third-order valence-electron chi connectivity index (χ3n) is 13.0.